The summed E-state index contributed by atoms with van der Waals surface area (Å²) in [6, 6.07) is 7.74. The largest absolute Gasteiger partial charge is 0.497 e. The number of carbonyl (C=O) groups is 1. The summed E-state index contributed by atoms with van der Waals surface area (Å²) < 4.78 is 10.9. The van der Waals surface area contributed by atoms with E-state index in [1.807, 2.05) is 24.3 Å². The van der Waals surface area contributed by atoms with Crippen molar-refractivity contribution in [2.24, 2.45) is 0 Å². The Bertz CT molecular complexity index is 434. The second-order valence-corrected chi connectivity index (χ2v) is 4.70. The van der Waals surface area contributed by atoms with Crippen LogP contribution in [0.25, 0.3) is 0 Å². The van der Waals surface area contributed by atoms with Crippen molar-refractivity contribution in [1.29, 1.82) is 0 Å². The van der Waals surface area contributed by atoms with Crippen molar-refractivity contribution in [2.45, 2.75) is 38.4 Å². The van der Waals surface area contributed by atoms with E-state index in [4.69, 9.17) is 9.47 Å². The van der Waals surface area contributed by atoms with Crippen LogP contribution in [-0.2, 0) is 16.1 Å². The number of Topliss-reactive ketones (excluding diaryl/α,β-unsaturated/α-hetero) is 1. The average Bonchev–Trinajstić information content (AvgIpc) is 2.43. The van der Waals surface area contributed by atoms with E-state index in [0.29, 0.717) is 13.0 Å². The van der Waals surface area contributed by atoms with Crippen molar-refractivity contribution in [2.75, 3.05) is 7.11 Å². The van der Waals surface area contributed by atoms with Crippen molar-refractivity contribution < 1.29 is 14.3 Å². The van der Waals surface area contributed by atoms with Crippen molar-refractivity contribution in [3.05, 3.63) is 42.0 Å². The Morgan fingerprint density at radius 1 is 1.16 bits per heavy atom. The van der Waals surface area contributed by atoms with Gasteiger partial charge in [-0.15, -0.1) is 0 Å². The number of benzene rings is 1. The van der Waals surface area contributed by atoms with Gasteiger partial charge in [-0.25, -0.2) is 0 Å². The summed E-state index contributed by atoms with van der Waals surface area (Å²) in [7, 11) is 1.65. The third-order valence-electron chi connectivity index (χ3n) is 3.29. The van der Waals surface area contributed by atoms with Gasteiger partial charge in [0.1, 0.15) is 11.9 Å². The molecule has 0 N–H and O–H groups in total. The van der Waals surface area contributed by atoms with Gasteiger partial charge in [-0.2, -0.15) is 0 Å². The van der Waals surface area contributed by atoms with E-state index in [2.05, 4.69) is 12.2 Å². The molecule has 1 aliphatic carbocycles. The minimum absolute atomic E-state index is 0.220. The molecule has 0 spiro atoms. The summed E-state index contributed by atoms with van der Waals surface area (Å²) in [5, 5.41) is 0. The second kappa shape index (κ2) is 7.10. The van der Waals surface area contributed by atoms with Crippen molar-refractivity contribution in [3.8, 4) is 5.75 Å². The van der Waals surface area contributed by atoms with Crippen LogP contribution in [0.3, 0.4) is 0 Å². The van der Waals surface area contributed by atoms with Gasteiger partial charge in [0.15, 0.2) is 5.78 Å². The number of allylic oxidation sites excluding steroid dienone is 2. The van der Waals surface area contributed by atoms with Crippen LogP contribution in [-0.4, -0.2) is 19.0 Å². The Hall–Kier alpha value is -1.61. The average molecular weight is 260 g/mol. The predicted molar refractivity (Wildman–Crippen MR) is 74.2 cm³/mol. The third-order valence-corrected chi connectivity index (χ3v) is 3.29. The van der Waals surface area contributed by atoms with E-state index in [1.165, 1.54) is 0 Å². The lowest BCUT2D eigenvalue weighted by Gasteiger charge is -2.17. The molecule has 0 saturated heterocycles. The first kappa shape index (κ1) is 13.8. The Balaban J connectivity index is 1.88. The fraction of sp³-hybridized carbons (Fsp3) is 0.438. The van der Waals surface area contributed by atoms with Crippen molar-refractivity contribution >= 4 is 5.78 Å². The highest BCUT2D eigenvalue weighted by Crippen LogP contribution is 2.16. The summed E-state index contributed by atoms with van der Waals surface area (Å²) in [6.07, 6.45) is 7.08. The SMILES string of the molecule is COc1ccc(CO[C@H]2CCC=CCCC2=O)cc1. The van der Waals surface area contributed by atoms with E-state index in [-0.39, 0.29) is 11.9 Å². The Morgan fingerprint density at radius 3 is 2.63 bits per heavy atom. The van der Waals surface area contributed by atoms with Gasteiger partial charge in [0.25, 0.3) is 0 Å². The maximum atomic E-state index is 11.9. The van der Waals surface area contributed by atoms with Gasteiger partial charge in [0.2, 0.25) is 0 Å². The molecule has 0 aromatic heterocycles. The highest BCUT2D eigenvalue weighted by Gasteiger charge is 2.18. The van der Waals surface area contributed by atoms with E-state index < -0.39 is 0 Å². The fourth-order valence-electron chi connectivity index (χ4n) is 2.13. The normalized spacial score (nSPS) is 19.8. The monoisotopic (exact) mass is 260 g/mol. The minimum atomic E-state index is -0.257. The fourth-order valence-corrected chi connectivity index (χ4v) is 2.13. The van der Waals surface area contributed by atoms with Gasteiger partial charge >= 0.3 is 0 Å². The van der Waals surface area contributed by atoms with Gasteiger partial charge in [0.05, 0.1) is 13.7 Å². The molecule has 0 amide bonds. The Kier molecular flexibility index (Phi) is 5.16. The molecule has 3 nitrogen and oxygen atoms in total. The van der Waals surface area contributed by atoms with E-state index in [0.717, 1.165) is 30.6 Å². The molecule has 0 radical (unpaired) electrons. The second-order valence-electron chi connectivity index (χ2n) is 4.70. The third kappa shape index (κ3) is 4.21. The lowest BCUT2D eigenvalue weighted by Crippen LogP contribution is -2.24. The number of hydrogen-bond acceptors (Lipinski definition) is 3. The van der Waals surface area contributed by atoms with Crippen LogP contribution in [0.15, 0.2) is 36.4 Å². The Labute approximate surface area is 114 Å². The van der Waals surface area contributed by atoms with Crippen LogP contribution in [0.1, 0.15) is 31.2 Å². The molecule has 102 valence electrons. The summed E-state index contributed by atoms with van der Waals surface area (Å²) in [4.78, 5) is 11.9. The number of ether oxygens (including phenoxy) is 2. The summed E-state index contributed by atoms with van der Waals surface area (Å²) >= 11 is 0. The molecule has 1 aromatic carbocycles. The van der Waals surface area contributed by atoms with E-state index in [1.54, 1.807) is 7.11 Å². The maximum absolute atomic E-state index is 11.9. The van der Waals surface area contributed by atoms with Crippen molar-refractivity contribution in [3.63, 3.8) is 0 Å². The topological polar surface area (TPSA) is 35.5 Å². The molecule has 3 heteroatoms. The predicted octanol–water partition coefficient (Wildman–Crippen LogP) is 3.28. The lowest BCUT2D eigenvalue weighted by molar-refractivity contribution is -0.131. The zero-order valence-electron chi connectivity index (χ0n) is 11.3. The molecule has 0 fully saturated rings. The zero-order valence-corrected chi connectivity index (χ0v) is 11.3. The number of carbonyl (C=O) groups excluding carboxylic acids is 1. The smallest absolute Gasteiger partial charge is 0.161 e. The first-order valence-electron chi connectivity index (χ1n) is 6.72. The summed E-state index contributed by atoms with van der Waals surface area (Å²) in [5.41, 5.74) is 1.06. The molecule has 0 aliphatic heterocycles. The Morgan fingerprint density at radius 2 is 1.89 bits per heavy atom. The van der Waals surface area contributed by atoms with Crippen LogP contribution in [0.4, 0.5) is 0 Å². The molecule has 0 saturated carbocycles. The van der Waals surface area contributed by atoms with Gasteiger partial charge < -0.3 is 9.47 Å². The van der Waals surface area contributed by atoms with Crippen molar-refractivity contribution in [1.82, 2.24) is 0 Å². The van der Waals surface area contributed by atoms with Gasteiger partial charge in [-0.3, -0.25) is 4.79 Å². The highest BCUT2D eigenvalue weighted by molar-refractivity contribution is 5.83. The number of methoxy groups -OCH3 is 1. The van der Waals surface area contributed by atoms with Crippen LogP contribution < -0.4 is 4.74 Å². The quantitative estimate of drug-likeness (QED) is 0.779. The number of hydrogen-bond donors (Lipinski definition) is 0. The van der Waals surface area contributed by atoms with Crippen LogP contribution in [0, 0.1) is 0 Å². The number of rotatable bonds is 4. The van der Waals surface area contributed by atoms with Gasteiger partial charge in [-0.05, 0) is 37.0 Å². The zero-order chi connectivity index (χ0) is 13.5. The van der Waals surface area contributed by atoms with E-state index >= 15 is 0 Å². The van der Waals surface area contributed by atoms with Gasteiger partial charge in [-0.1, -0.05) is 24.3 Å². The molecular formula is C16H20O3. The first-order chi connectivity index (χ1) is 9.29. The van der Waals surface area contributed by atoms with E-state index in [9.17, 15) is 4.79 Å². The molecule has 0 bridgehead atoms. The molecule has 1 aromatic rings. The van der Waals surface area contributed by atoms with Crippen LogP contribution >= 0.6 is 0 Å². The first-order valence-corrected chi connectivity index (χ1v) is 6.72. The van der Waals surface area contributed by atoms with Gasteiger partial charge in [0, 0.05) is 6.42 Å². The molecule has 1 atom stereocenters. The lowest BCUT2D eigenvalue weighted by atomic mass is 10.0. The highest BCUT2D eigenvalue weighted by atomic mass is 16.5. The molecule has 0 unspecified atom stereocenters. The molecule has 0 heterocycles. The maximum Gasteiger partial charge on any atom is 0.161 e. The minimum Gasteiger partial charge on any atom is -0.497 e. The molecule has 1 aliphatic rings. The van der Waals surface area contributed by atoms with Crippen LogP contribution in [0.2, 0.25) is 0 Å². The molecular weight excluding hydrogens is 240 g/mol. The summed E-state index contributed by atoms with van der Waals surface area (Å²) in [6.45, 7) is 0.476. The standard InChI is InChI=1S/C16H20O3/c1-18-14-10-8-13(9-11-14)12-19-16-7-5-3-2-4-6-15(16)17/h2-3,8-11,16H,4-7,12H2,1H3/t16-/m0/s1. The van der Waals surface area contributed by atoms with Crippen LogP contribution in [0.5, 0.6) is 5.75 Å². The molecule has 2 rings (SSSR count). The molecule has 19 heavy (non-hydrogen) atoms. The summed E-state index contributed by atoms with van der Waals surface area (Å²) in [5.74, 6) is 1.05. The number of ketones is 1.